The topological polar surface area (TPSA) is 64.4 Å². The van der Waals surface area contributed by atoms with Crippen LogP contribution >= 0.6 is 23.2 Å². The lowest BCUT2D eigenvalue weighted by Gasteiger charge is -2.07. The highest BCUT2D eigenvalue weighted by molar-refractivity contribution is 6.35. The van der Waals surface area contributed by atoms with Crippen LogP contribution in [0.1, 0.15) is 0 Å². The largest absolute Gasteiger partial charge is 0.456 e. The molecule has 134 valence electrons. The van der Waals surface area contributed by atoms with E-state index >= 15 is 0 Å². The minimum atomic E-state index is -0.473. The molecule has 0 aliphatic rings. The molecule has 0 atom stereocenters. The number of benzene rings is 3. The maximum absolute atomic E-state index is 10.5. The molecular formula is C19H16Cl2N2O3. The number of hydrogen-bond donors (Lipinski definition) is 1. The second-order valence-corrected chi connectivity index (χ2v) is 5.89. The molecule has 0 aliphatic carbocycles. The molecular weight excluding hydrogens is 375 g/mol. The summed E-state index contributed by atoms with van der Waals surface area (Å²) >= 11 is 11.7. The number of nitrogens with one attached hydrogen (secondary N) is 1. The van der Waals surface area contributed by atoms with Gasteiger partial charge in [-0.1, -0.05) is 41.4 Å². The van der Waals surface area contributed by atoms with Gasteiger partial charge in [-0.15, -0.1) is 0 Å². The first-order valence-electron chi connectivity index (χ1n) is 7.60. The van der Waals surface area contributed by atoms with Crippen molar-refractivity contribution in [2.45, 2.75) is 0 Å². The monoisotopic (exact) mass is 390 g/mol. The maximum atomic E-state index is 10.5. The van der Waals surface area contributed by atoms with Crippen LogP contribution in [0.15, 0.2) is 72.8 Å². The number of nitrogens with zero attached hydrogens (tertiary/aromatic N) is 1. The van der Waals surface area contributed by atoms with Gasteiger partial charge in [0, 0.05) is 29.9 Å². The van der Waals surface area contributed by atoms with Crippen LogP contribution in [0.4, 0.5) is 11.4 Å². The first-order valence-corrected chi connectivity index (χ1v) is 8.35. The Balaban J connectivity index is 0.000000254. The minimum absolute atomic E-state index is 0.00422. The van der Waals surface area contributed by atoms with Gasteiger partial charge in [0.15, 0.2) is 0 Å². The fraction of sp³-hybridized carbons (Fsp3) is 0.0526. The average molecular weight is 391 g/mol. The number of ether oxygens (including phenoxy) is 1. The lowest BCUT2D eigenvalue weighted by Crippen LogP contribution is -1.88. The molecule has 0 saturated carbocycles. The molecule has 0 aliphatic heterocycles. The number of nitro groups is 1. The van der Waals surface area contributed by atoms with Gasteiger partial charge in [-0.25, -0.2) is 0 Å². The highest BCUT2D eigenvalue weighted by Crippen LogP contribution is 2.32. The van der Waals surface area contributed by atoms with Gasteiger partial charge in [0.2, 0.25) is 0 Å². The van der Waals surface area contributed by atoms with Crippen LogP contribution in [-0.2, 0) is 0 Å². The predicted molar refractivity (Wildman–Crippen MR) is 106 cm³/mol. The van der Waals surface area contributed by atoms with Crippen LogP contribution in [0.3, 0.4) is 0 Å². The summed E-state index contributed by atoms with van der Waals surface area (Å²) in [6.45, 7) is 0. The average Bonchev–Trinajstić information content (AvgIpc) is 2.65. The van der Waals surface area contributed by atoms with E-state index in [1.54, 1.807) is 18.2 Å². The van der Waals surface area contributed by atoms with E-state index in [0.29, 0.717) is 21.5 Å². The Bertz CT molecular complexity index is 856. The predicted octanol–water partition coefficient (Wildman–Crippen LogP) is 6.42. The molecule has 3 rings (SSSR count). The molecule has 7 heteroatoms. The van der Waals surface area contributed by atoms with Crippen LogP contribution in [-0.4, -0.2) is 12.0 Å². The second kappa shape index (κ2) is 9.65. The molecule has 0 amide bonds. The number of halogens is 2. The third-order valence-corrected chi connectivity index (χ3v) is 3.76. The van der Waals surface area contributed by atoms with Gasteiger partial charge >= 0.3 is 0 Å². The van der Waals surface area contributed by atoms with Crippen molar-refractivity contribution in [2.24, 2.45) is 0 Å². The molecule has 3 aromatic carbocycles. The van der Waals surface area contributed by atoms with E-state index in [-0.39, 0.29) is 5.69 Å². The number of anilines is 1. The van der Waals surface area contributed by atoms with Gasteiger partial charge in [0.25, 0.3) is 5.69 Å². The van der Waals surface area contributed by atoms with Crippen LogP contribution in [0.25, 0.3) is 0 Å². The van der Waals surface area contributed by atoms with Crippen LogP contribution < -0.4 is 10.1 Å². The van der Waals surface area contributed by atoms with Crippen molar-refractivity contribution in [1.82, 2.24) is 0 Å². The first kappa shape index (κ1) is 19.6. The Morgan fingerprint density at radius 3 is 2.12 bits per heavy atom. The van der Waals surface area contributed by atoms with E-state index < -0.39 is 4.92 Å². The van der Waals surface area contributed by atoms with E-state index in [2.05, 4.69) is 5.32 Å². The number of rotatable bonds is 4. The van der Waals surface area contributed by atoms with Gasteiger partial charge in [0.1, 0.15) is 11.5 Å². The van der Waals surface area contributed by atoms with Gasteiger partial charge in [0.05, 0.1) is 9.95 Å². The quantitative estimate of drug-likeness (QED) is 0.412. The van der Waals surface area contributed by atoms with Gasteiger partial charge in [-0.05, 0) is 42.5 Å². The summed E-state index contributed by atoms with van der Waals surface area (Å²) in [4.78, 5) is 10.0. The summed E-state index contributed by atoms with van der Waals surface area (Å²) in [5.41, 5.74) is 1.16. The molecule has 0 unspecified atom stereocenters. The van der Waals surface area contributed by atoms with Crippen molar-refractivity contribution in [3.8, 4) is 11.5 Å². The minimum Gasteiger partial charge on any atom is -0.456 e. The van der Waals surface area contributed by atoms with Crippen molar-refractivity contribution in [1.29, 1.82) is 0 Å². The summed E-state index contributed by atoms with van der Waals surface area (Å²) in [6.07, 6.45) is 0. The van der Waals surface area contributed by atoms with Gasteiger partial charge in [-0.3, -0.25) is 10.1 Å². The lowest BCUT2D eigenvalue weighted by atomic mass is 10.3. The van der Waals surface area contributed by atoms with Crippen molar-refractivity contribution < 1.29 is 9.66 Å². The molecule has 0 heterocycles. The number of hydrogen-bond acceptors (Lipinski definition) is 4. The van der Waals surface area contributed by atoms with Crippen molar-refractivity contribution in [3.63, 3.8) is 0 Å². The summed E-state index contributed by atoms with van der Waals surface area (Å²) in [5, 5.41) is 14.4. The van der Waals surface area contributed by atoms with Gasteiger partial charge in [-0.2, -0.15) is 0 Å². The highest BCUT2D eigenvalue weighted by atomic mass is 35.5. The zero-order valence-electron chi connectivity index (χ0n) is 13.9. The van der Waals surface area contributed by atoms with E-state index in [4.69, 9.17) is 27.9 Å². The second-order valence-electron chi connectivity index (χ2n) is 5.04. The zero-order chi connectivity index (χ0) is 18.9. The molecule has 0 fully saturated rings. The lowest BCUT2D eigenvalue weighted by molar-refractivity contribution is -0.384. The van der Waals surface area contributed by atoms with E-state index in [1.165, 1.54) is 24.3 Å². The Morgan fingerprint density at radius 1 is 0.962 bits per heavy atom. The fourth-order valence-corrected chi connectivity index (χ4v) is 2.37. The maximum Gasteiger partial charge on any atom is 0.269 e. The highest BCUT2D eigenvalue weighted by Gasteiger charge is 2.07. The molecule has 26 heavy (non-hydrogen) atoms. The zero-order valence-corrected chi connectivity index (χ0v) is 15.4. The molecule has 0 aromatic heterocycles. The molecule has 3 aromatic rings. The van der Waals surface area contributed by atoms with Crippen molar-refractivity contribution >= 4 is 34.6 Å². The molecule has 5 nitrogen and oxygen atoms in total. The Kier molecular flexibility index (Phi) is 7.26. The third-order valence-electron chi connectivity index (χ3n) is 3.23. The smallest absolute Gasteiger partial charge is 0.269 e. The molecule has 0 spiro atoms. The Hall–Kier alpha value is -2.76. The van der Waals surface area contributed by atoms with Crippen LogP contribution in [0, 0.1) is 10.1 Å². The van der Waals surface area contributed by atoms with Crippen molar-refractivity contribution in [2.75, 3.05) is 12.4 Å². The van der Waals surface area contributed by atoms with Crippen LogP contribution in [0.5, 0.6) is 11.5 Å². The fourth-order valence-electron chi connectivity index (χ4n) is 1.93. The number of non-ortho nitro benzene ring substituents is 1. The normalized spacial score (nSPS) is 9.65. The summed E-state index contributed by atoms with van der Waals surface area (Å²) in [5.74, 6) is 0.903. The third kappa shape index (κ3) is 5.95. The standard InChI is InChI=1S/C12H7Cl2NO3.C7H9N/c13-8-1-6-12(11(14)7-8)18-10-4-2-9(3-5-10)15(16)17;1-8-7-5-3-2-4-6-7/h1-7H;2-6,8H,1H3. The van der Waals surface area contributed by atoms with E-state index in [1.807, 2.05) is 37.4 Å². The molecule has 0 bridgehead atoms. The summed E-state index contributed by atoms with van der Waals surface area (Å²) in [7, 11) is 1.91. The molecule has 0 saturated heterocycles. The van der Waals surface area contributed by atoms with E-state index in [0.717, 1.165) is 5.69 Å². The van der Waals surface area contributed by atoms with E-state index in [9.17, 15) is 10.1 Å². The van der Waals surface area contributed by atoms with Crippen molar-refractivity contribution in [3.05, 3.63) is 93.0 Å². The Morgan fingerprint density at radius 2 is 1.62 bits per heavy atom. The first-order chi connectivity index (χ1) is 12.5. The van der Waals surface area contributed by atoms with Crippen LogP contribution in [0.2, 0.25) is 10.0 Å². The molecule has 0 radical (unpaired) electrons. The summed E-state index contributed by atoms with van der Waals surface area (Å²) < 4.78 is 5.49. The number of nitro benzene ring substituents is 1. The summed E-state index contributed by atoms with van der Waals surface area (Å²) in [6, 6.07) is 20.6. The molecule has 1 N–H and O–H groups in total. The SMILES string of the molecule is CNc1ccccc1.O=[N+]([O-])c1ccc(Oc2ccc(Cl)cc2Cl)cc1. The number of para-hydroxylation sites is 1. The Labute approximate surface area is 161 Å². The van der Waals surface area contributed by atoms with Gasteiger partial charge < -0.3 is 10.1 Å².